The molecule has 0 amide bonds. The predicted octanol–water partition coefficient (Wildman–Crippen LogP) is 3.13. The van der Waals surface area contributed by atoms with Crippen LogP contribution in [0, 0.1) is 10.1 Å². The zero-order valence-electron chi connectivity index (χ0n) is 9.59. The van der Waals surface area contributed by atoms with Gasteiger partial charge in [0.15, 0.2) is 0 Å². The number of para-hydroxylation sites is 1. The molecule has 1 aromatic carbocycles. The Balaban J connectivity index is 0.00000144. The van der Waals surface area contributed by atoms with Gasteiger partial charge in [-0.15, -0.1) is 12.4 Å². The van der Waals surface area contributed by atoms with Gasteiger partial charge in [0.25, 0.3) is 5.69 Å². The SMILES string of the molecule is Cl.NC1(c2ccccc2[N+](=O)[O-])CCCCC1. The lowest BCUT2D eigenvalue weighted by atomic mass is 9.77. The molecule has 17 heavy (non-hydrogen) atoms. The van der Waals surface area contributed by atoms with Gasteiger partial charge in [0, 0.05) is 17.2 Å². The molecular formula is C12H17ClN2O2. The quantitative estimate of drug-likeness (QED) is 0.653. The van der Waals surface area contributed by atoms with E-state index in [1.54, 1.807) is 18.2 Å². The van der Waals surface area contributed by atoms with Crippen LogP contribution in [0.2, 0.25) is 0 Å². The van der Waals surface area contributed by atoms with E-state index in [9.17, 15) is 10.1 Å². The highest BCUT2D eigenvalue weighted by molar-refractivity contribution is 5.85. The predicted molar refractivity (Wildman–Crippen MR) is 69.3 cm³/mol. The van der Waals surface area contributed by atoms with Gasteiger partial charge >= 0.3 is 0 Å². The van der Waals surface area contributed by atoms with Crippen molar-refractivity contribution in [3.05, 3.63) is 39.9 Å². The molecule has 0 atom stereocenters. The van der Waals surface area contributed by atoms with E-state index in [4.69, 9.17) is 5.73 Å². The maximum Gasteiger partial charge on any atom is 0.274 e. The number of halogens is 1. The van der Waals surface area contributed by atoms with Gasteiger partial charge in [-0.25, -0.2) is 0 Å². The van der Waals surface area contributed by atoms with Crippen LogP contribution in [-0.2, 0) is 5.54 Å². The molecule has 0 unspecified atom stereocenters. The van der Waals surface area contributed by atoms with E-state index in [-0.39, 0.29) is 23.0 Å². The molecule has 5 heteroatoms. The first-order valence-electron chi connectivity index (χ1n) is 5.66. The Labute approximate surface area is 107 Å². The molecular weight excluding hydrogens is 240 g/mol. The molecule has 0 aromatic heterocycles. The summed E-state index contributed by atoms with van der Waals surface area (Å²) in [6.45, 7) is 0. The number of hydrogen-bond acceptors (Lipinski definition) is 3. The molecule has 1 saturated carbocycles. The van der Waals surface area contributed by atoms with Gasteiger partial charge in [-0.1, -0.05) is 37.5 Å². The zero-order valence-corrected chi connectivity index (χ0v) is 10.4. The van der Waals surface area contributed by atoms with Crippen molar-refractivity contribution in [2.24, 2.45) is 5.73 Å². The minimum Gasteiger partial charge on any atom is -0.321 e. The summed E-state index contributed by atoms with van der Waals surface area (Å²) in [5.74, 6) is 0. The lowest BCUT2D eigenvalue weighted by Gasteiger charge is -2.33. The summed E-state index contributed by atoms with van der Waals surface area (Å²) < 4.78 is 0. The summed E-state index contributed by atoms with van der Waals surface area (Å²) in [7, 11) is 0. The lowest BCUT2D eigenvalue weighted by Crippen LogP contribution is -2.39. The van der Waals surface area contributed by atoms with Crippen LogP contribution in [0.4, 0.5) is 5.69 Å². The van der Waals surface area contributed by atoms with Crippen molar-refractivity contribution in [3.63, 3.8) is 0 Å². The number of benzene rings is 1. The third-order valence-electron chi connectivity index (χ3n) is 3.38. The van der Waals surface area contributed by atoms with Crippen molar-refractivity contribution in [1.29, 1.82) is 0 Å². The molecule has 0 saturated heterocycles. The van der Waals surface area contributed by atoms with E-state index in [1.807, 2.05) is 6.07 Å². The summed E-state index contributed by atoms with van der Waals surface area (Å²) in [6.07, 6.45) is 4.99. The number of nitro groups is 1. The third kappa shape index (κ3) is 2.76. The monoisotopic (exact) mass is 256 g/mol. The van der Waals surface area contributed by atoms with Gasteiger partial charge in [-0.3, -0.25) is 10.1 Å². The Kier molecular flexibility index (Phi) is 4.48. The summed E-state index contributed by atoms with van der Waals surface area (Å²) in [4.78, 5) is 10.6. The number of nitrogens with two attached hydrogens (primary N) is 1. The molecule has 0 bridgehead atoms. The molecule has 2 N–H and O–H groups in total. The van der Waals surface area contributed by atoms with Crippen molar-refractivity contribution in [3.8, 4) is 0 Å². The first-order valence-corrected chi connectivity index (χ1v) is 5.66. The first kappa shape index (κ1) is 13.9. The Morgan fingerprint density at radius 2 is 1.76 bits per heavy atom. The topological polar surface area (TPSA) is 69.2 Å². The summed E-state index contributed by atoms with van der Waals surface area (Å²) in [5.41, 5.74) is 6.67. The van der Waals surface area contributed by atoms with Crippen LogP contribution in [0.15, 0.2) is 24.3 Å². The van der Waals surface area contributed by atoms with Crippen LogP contribution in [-0.4, -0.2) is 4.92 Å². The maximum absolute atomic E-state index is 11.0. The molecule has 1 fully saturated rings. The van der Waals surface area contributed by atoms with Gasteiger partial charge < -0.3 is 5.73 Å². The van der Waals surface area contributed by atoms with Gasteiger partial charge in [-0.2, -0.15) is 0 Å². The zero-order chi connectivity index (χ0) is 11.6. The number of rotatable bonds is 2. The minimum absolute atomic E-state index is 0. The van der Waals surface area contributed by atoms with E-state index < -0.39 is 5.54 Å². The largest absolute Gasteiger partial charge is 0.321 e. The van der Waals surface area contributed by atoms with Crippen LogP contribution >= 0.6 is 12.4 Å². The van der Waals surface area contributed by atoms with Gasteiger partial charge in [-0.05, 0) is 12.8 Å². The summed E-state index contributed by atoms with van der Waals surface area (Å²) in [5, 5.41) is 11.0. The second-order valence-electron chi connectivity index (χ2n) is 4.49. The number of nitro benzene ring substituents is 1. The van der Waals surface area contributed by atoms with E-state index in [1.165, 1.54) is 6.42 Å². The standard InChI is InChI=1S/C12H16N2O2.ClH/c13-12(8-4-1-5-9-12)10-6-2-3-7-11(10)14(15)16;/h2-3,6-7H,1,4-5,8-9,13H2;1H. The van der Waals surface area contributed by atoms with Gasteiger partial charge in [0.2, 0.25) is 0 Å². The van der Waals surface area contributed by atoms with Gasteiger partial charge in [0.05, 0.1) is 4.92 Å². The fourth-order valence-electron chi connectivity index (χ4n) is 2.51. The van der Waals surface area contributed by atoms with Crippen LogP contribution in [0.5, 0.6) is 0 Å². The number of hydrogen-bond donors (Lipinski definition) is 1. The van der Waals surface area contributed by atoms with Crippen molar-refractivity contribution in [2.45, 2.75) is 37.6 Å². The molecule has 0 spiro atoms. The van der Waals surface area contributed by atoms with E-state index >= 15 is 0 Å². The molecule has 94 valence electrons. The second kappa shape index (κ2) is 5.47. The Hall–Kier alpha value is -1.13. The third-order valence-corrected chi connectivity index (χ3v) is 3.38. The molecule has 2 rings (SSSR count). The highest BCUT2D eigenvalue weighted by Gasteiger charge is 2.34. The minimum atomic E-state index is -0.498. The summed E-state index contributed by atoms with van der Waals surface area (Å²) in [6, 6.07) is 6.85. The highest BCUT2D eigenvalue weighted by atomic mass is 35.5. The summed E-state index contributed by atoms with van der Waals surface area (Å²) >= 11 is 0. The van der Waals surface area contributed by atoms with Crippen molar-refractivity contribution < 1.29 is 4.92 Å². The first-order chi connectivity index (χ1) is 7.63. The number of nitrogens with zero attached hydrogens (tertiary/aromatic N) is 1. The normalized spacial score (nSPS) is 18.2. The van der Waals surface area contributed by atoms with Crippen LogP contribution < -0.4 is 5.73 Å². The molecule has 0 radical (unpaired) electrons. The van der Waals surface area contributed by atoms with Crippen LogP contribution in [0.25, 0.3) is 0 Å². The van der Waals surface area contributed by atoms with E-state index in [0.717, 1.165) is 25.7 Å². The van der Waals surface area contributed by atoms with Crippen molar-refractivity contribution in [1.82, 2.24) is 0 Å². The highest BCUT2D eigenvalue weighted by Crippen LogP contribution is 2.38. The van der Waals surface area contributed by atoms with Crippen LogP contribution in [0.3, 0.4) is 0 Å². The smallest absolute Gasteiger partial charge is 0.274 e. The lowest BCUT2D eigenvalue weighted by molar-refractivity contribution is -0.386. The van der Waals surface area contributed by atoms with E-state index in [0.29, 0.717) is 5.56 Å². The molecule has 4 nitrogen and oxygen atoms in total. The molecule has 0 aliphatic heterocycles. The molecule has 1 aliphatic carbocycles. The Morgan fingerprint density at radius 1 is 1.18 bits per heavy atom. The van der Waals surface area contributed by atoms with Crippen molar-refractivity contribution >= 4 is 18.1 Å². The fourth-order valence-corrected chi connectivity index (χ4v) is 2.51. The molecule has 1 aromatic rings. The average molecular weight is 257 g/mol. The van der Waals surface area contributed by atoms with Crippen molar-refractivity contribution in [2.75, 3.05) is 0 Å². The maximum atomic E-state index is 11.0. The molecule has 0 heterocycles. The Bertz CT molecular complexity index is 403. The second-order valence-corrected chi connectivity index (χ2v) is 4.49. The van der Waals surface area contributed by atoms with Gasteiger partial charge in [0.1, 0.15) is 0 Å². The molecule has 1 aliphatic rings. The van der Waals surface area contributed by atoms with Crippen LogP contribution in [0.1, 0.15) is 37.7 Å². The fraction of sp³-hybridized carbons (Fsp3) is 0.500. The Morgan fingerprint density at radius 3 is 2.35 bits per heavy atom. The van der Waals surface area contributed by atoms with E-state index in [2.05, 4.69) is 0 Å². The average Bonchev–Trinajstić information content (AvgIpc) is 2.30.